The molecule has 13 heteroatoms. The zero-order valence-corrected chi connectivity index (χ0v) is 25.3. The molecule has 2 aromatic heterocycles. The van der Waals surface area contributed by atoms with Crippen LogP contribution in [0, 0.1) is 12.8 Å². The normalized spacial score (nSPS) is 19.4. The van der Waals surface area contributed by atoms with E-state index in [1.165, 1.54) is 45.9 Å². The summed E-state index contributed by atoms with van der Waals surface area (Å²) < 4.78 is 46.2. The van der Waals surface area contributed by atoms with Crippen LogP contribution >= 0.6 is 22.6 Å². The average Bonchev–Trinajstić information content (AvgIpc) is 3.72. The summed E-state index contributed by atoms with van der Waals surface area (Å²) in [4.78, 5) is 41.2. The zero-order chi connectivity index (χ0) is 29.1. The summed E-state index contributed by atoms with van der Waals surface area (Å²) in [6.45, 7) is 4.90. The number of hydrogen-bond donors (Lipinski definition) is 2. The Morgan fingerprint density at radius 3 is 2.33 bits per heavy atom. The maximum absolute atomic E-state index is 15.1. The Balaban J connectivity index is 1.79. The third-order valence-electron chi connectivity index (χ3n) is 7.35. The number of hydrogen-bond acceptors (Lipinski definition) is 6. The van der Waals surface area contributed by atoms with Gasteiger partial charge >= 0.3 is 5.69 Å². The number of nitrogens with one attached hydrogen (secondary N) is 2. The number of anilines is 2. The second-order valence-electron chi connectivity index (χ2n) is 10.2. The average molecular weight is 682 g/mol. The topological polar surface area (TPSA) is 124 Å². The maximum Gasteiger partial charge on any atom is 0.336 e. The molecule has 10 nitrogen and oxygen atoms in total. The van der Waals surface area contributed by atoms with Crippen LogP contribution in [0.5, 0.6) is 0 Å². The Labute approximate surface area is 243 Å². The summed E-state index contributed by atoms with van der Waals surface area (Å²) in [5, 5.41) is 3.22. The Hall–Kier alpha value is -3.20. The van der Waals surface area contributed by atoms with E-state index in [0.29, 0.717) is 24.2 Å². The first kappa shape index (κ1) is 28.3. The summed E-state index contributed by atoms with van der Waals surface area (Å²) in [7, 11) is -2.00. The van der Waals surface area contributed by atoms with Crippen LogP contribution in [-0.4, -0.2) is 33.9 Å². The molecule has 2 atom stereocenters. The van der Waals surface area contributed by atoms with Gasteiger partial charge in [0.05, 0.1) is 23.0 Å². The van der Waals surface area contributed by atoms with Crippen LogP contribution in [0.4, 0.5) is 15.9 Å². The van der Waals surface area contributed by atoms with Gasteiger partial charge in [0.25, 0.3) is 11.1 Å². The molecule has 2 unspecified atom stereocenters. The van der Waals surface area contributed by atoms with Gasteiger partial charge in [-0.05, 0) is 79.6 Å². The fraction of sp³-hybridized carbons (Fsp3) is 0.370. The molecule has 0 saturated heterocycles. The first-order valence-corrected chi connectivity index (χ1v) is 15.6. The van der Waals surface area contributed by atoms with E-state index < -0.39 is 38.7 Å². The fourth-order valence-corrected chi connectivity index (χ4v) is 6.53. The standard InChI is InChI=1S/C27H29FIN5O5S/c1-5-40(38,39)31-17-6-8-18(9-7-17)33-23-15(3)25(35)32(4)24(30-22-14(2)12-16(29)13-20(22)28)21(23)26(36)34(27(33)37)19-10-11-19/h6-9,12-14,19,22,30-31H,5,10-11H2,1-4H3. The van der Waals surface area contributed by atoms with Gasteiger partial charge in [-0.2, -0.15) is 0 Å². The molecule has 40 heavy (non-hydrogen) atoms. The number of nitrogens with zero attached hydrogens (tertiary/aromatic N) is 3. The smallest absolute Gasteiger partial charge is 0.336 e. The van der Waals surface area contributed by atoms with Crippen molar-refractivity contribution in [3.8, 4) is 5.69 Å². The Morgan fingerprint density at radius 1 is 1.10 bits per heavy atom. The van der Waals surface area contributed by atoms with Crippen molar-refractivity contribution in [3.05, 3.63) is 82.6 Å². The van der Waals surface area contributed by atoms with Gasteiger partial charge in [0.15, 0.2) is 0 Å². The second kappa shape index (κ2) is 10.3. The minimum atomic E-state index is -3.51. The van der Waals surface area contributed by atoms with E-state index in [4.69, 9.17) is 0 Å². The quantitative estimate of drug-likeness (QED) is 0.366. The van der Waals surface area contributed by atoms with Crippen molar-refractivity contribution in [2.75, 3.05) is 15.8 Å². The van der Waals surface area contributed by atoms with Crippen molar-refractivity contribution in [2.45, 2.75) is 45.7 Å². The predicted octanol–water partition coefficient (Wildman–Crippen LogP) is 3.86. The largest absolute Gasteiger partial charge is 0.361 e. The van der Waals surface area contributed by atoms with Gasteiger partial charge in [-0.15, -0.1) is 0 Å². The molecule has 2 N–H and O–H groups in total. The minimum absolute atomic E-state index is 0.103. The van der Waals surface area contributed by atoms with Crippen LogP contribution in [0.25, 0.3) is 16.6 Å². The number of sulfonamides is 1. The zero-order valence-electron chi connectivity index (χ0n) is 22.4. The van der Waals surface area contributed by atoms with Gasteiger partial charge in [0.2, 0.25) is 10.0 Å². The molecular weight excluding hydrogens is 652 g/mol. The van der Waals surface area contributed by atoms with Crippen molar-refractivity contribution in [3.63, 3.8) is 0 Å². The monoisotopic (exact) mass is 681 g/mol. The second-order valence-corrected chi connectivity index (χ2v) is 13.5. The van der Waals surface area contributed by atoms with E-state index in [9.17, 15) is 22.8 Å². The van der Waals surface area contributed by atoms with Crippen LogP contribution < -0.4 is 26.8 Å². The number of aryl methyl sites for hydroxylation is 1. The Kier molecular flexibility index (Phi) is 7.31. The molecule has 2 aliphatic carbocycles. The first-order valence-electron chi connectivity index (χ1n) is 12.9. The number of benzene rings is 1. The van der Waals surface area contributed by atoms with Crippen LogP contribution in [0.15, 0.2) is 60.2 Å². The number of aromatic nitrogens is 3. The van der Waals surface area contributed by atoms with E-state index in [1.807, 2.05) is 35.6 Å². The molecule has 1 saturated carbocycles. The molecule has 0 amide bonds. The van der Waals surface area contributed by atoms with Gasteiger partial charge in [0.1, 0.15) is 17.0 Å². The van der Waals surface area contributed by atoms with Gasteiger partial charge < -0.3 is 5.32 Å². The number of pyridine rings is 1. The molecule has 2 aliphatic rings. The molecule has 5 rings (SSSR count). The first-order chi connectivity index (χ1) is 18.8. The SMILES string of the molecule is CCS(=O)(=O)Nc1ccc(-n2c(=O)n(C3CC3)c(=O)c3c(NC4C(F)=CC(I)=CC4C)n(C)c(=O)c(C)c32)cc1. The van der Waals surface area contributed by atoms with Gasteiger partial charge in [-0.25, -0.2) is 17.6 Å². The number of rotatable bonds is 7. The third-order valence-corrected chi connectivity index (χ3v) is 9.32. The minimum Gasteiger partial charge on any atom is -0.361 e. The fourth-order valence-electron chi connectivity index (χ4n) is 5.02. The molecule has 2 heterocycles. The molecule has 0 bridgehead atoms. The van der Waals surface area contributed by atoms with Gasteiger partial charge in [-0.1, -0.05) is 13.0 Å². The van der Waals surface area contributed by atoms with Crippen LogP contribution in [-0.2, 0) is 17.1 Å². The lowest BCUT2D eigenvalue weighted by Gasteiger charge is -2.28. The highest BCUT2D eigenvalue weighted by atomic mass is 127. The Morgan fingerprint density at radius 2 is 1.75 bits per heavy atom. The lowest BCUT2D eigenvalue weighted by molar-refractivity contribution is 0.491. The van der Waals surface area contributed by atoms with E-state index in [-0.39, 0.29) is 40.0 Å². The van der Waals surface area contributed by atoms with Gasteiger partial charge in [-0.3, -0.25) is 28.0 Å². The van der Waals surface area contributed by atoms with E-state index in [0.717, 1.165) is 3.58 Å². The van der Waals surface area contributed by atoms with Crippen LogP contribution in [0.3, 0.4) is 0 Å². The number of fused-ring (bicyclic) bond motifs is 1. The molecule has 0 aliphatic heterocycles. The van der Waals surface area contributed by atoms with Gasteiger partial charge in [0, 0.05) is 33.8 Å². The molecule has 1 fully saturated rings. The third kappa shape index (κ3) is 4.93. The van der Waals surface area contributed by atoms with Crippen molar-refractivity contribution >= 4 is 55.0 Å². The van der Waals surface area contributed by atoms with E-state index in [2.05, 4.69) is 10.0 Å². The van der Waals surface area contributed by atoms with Crippen molar-refractivity contribution < 1.29 is 12.8 Å². The molecular formula is C27H29FIN5O5S. The molecule has 212 valence electrons. The number of allylic oxidation sites excluding steroid dienone is 2. The summed E-state index contributed by atoms with van der Waals surface area (Å²) in [5.74, 6) is -0.689. The van der Waals surface area contributed by atoms with Crippen LogP contribution in [0.2, 0.25) is 0 Å². The predicted molar refractivity (Wildman–Crippen MR) is 163 cm³/mol. The Bertz CT molecular complexity index is 1890. The lowest BCUT2D eigenvalue weighted by Crippen LogP contribution is -2.42. The molecule has 1 aromatic carbocycles. The summed E-state index contributed by atoms with van der Waals surface area (Å²) in [6, 6.07) is 5.03. The van der Waals surface area contributed by atoms with Crippen molar-refractivity contribution in [1.29, 1.82) is 0 Å². The van der Waals surface area contributed by atoms with E-state index in [1.54, 1.807) is 19.1 Å². The summed E-state index contributed by atoms with van der Waals surface area (Å²) >= 11 is 2.04. The molecule has 3 aromatic rings. The number of halogens is 2. The summed E-state index contributed by atoms with van der Waals surface area (Å²) in [6.07, 6.45) is 4.61. The van der Waals surface area contributed by atoms with Crippen molar-refractivity contribution in [1.82, 2.24) is 13.7 Å². The molecule has 0 radical (unpaired) electrons. The highest BCUT2D eigenvalue weighted by molar-refractivity contribution is 14.1. The maximum atomic E-state index is 15.1. The lowest BCUT2D eigenvalue weighted by atomic mass is 9.96. The summed E-state index contributed by atoms with van der Waals surface area (Å²) in [5.41, 5.74) is -0.637. The highest BCUT2D eigenvalue weighted by Crippen LogP contribution is 2.35. The van der Waals surface area contributed by atoms with E-state index >= 15 is 4.39 Å². The molecule has 0 spiro atoms. The van der Waals surface area contributed by atoms with Crippen LogP contribution in [0.1, 0.15) is 38.3 Å². The van der Waals surface area contributed by atoms with Crippen molar-refractivity contribution in [2.24, 2.45) is 13.0 Å². The highest BCUT2D eigenvalue weighted by Gasteiger charge is 2.33.